The van der Waals surface area contributed by atoms with Crippen molar-refractivity contribution in [3.8, 4) is 17.0 Å². The van der Waals surface area contributed by atoms with E-state index in [1.807, 2.05) is 24.3 Å². The predicted molar refractivity (Wildman–Crippen MR) is 99.9 cm³/mol. The molecule has 2 N–H and O–H groups in total. The number of nitrogens with zero attached hydrogens (tertiary/aromatic N) is 2. The summed E-state index contributed by atoms with van der Waals surface area (Å²) in [4.78, 5) is 37.5. The Morgan fingerprint density at radius 3 is 2.56 bits per heavy atom. The Bertz CT molecular complexity index is 1030. The summed E-state index contributed by atoms with van der Waals surface area (Å²) in [6.07, 6.45) is 1.34. The van der Waals surface area contributed by atoms with E-state index in [1.165, 1.54) is 29.1 Å². The average molecular weight is 366 g/mol. The van der Waals surface area contributed by atoms with Gasteiger partial charge in [0.25, 0.3) is 11.5 Å². The second-order valence-electron chi connectivity index (χ2n) is 5.71. The predicted octanol–water partition coefficient (Wildman–Crippen LogP) is 1.04. The van der Waals surface area contributed by atoms with Gasteiger partial charge in [0.2, 0.25) is 5.56 Å². The van der Waals surface area contributed by atoms with Gasteiger partial charge < -0.3 is 15.0 Å². The lowest BCUT2D eigenvalue weighted by Gasteiger charge is -2.09. The number of ether oxygens (including phenoxy) is 1. The number of pyridine rings is 1. The van der Waals surface area contributed by atoms with Crippen LogP contribution in [0, 0.1) is 0 Å². The maximum atomic E-state index is 12.0. The van der Waals surface area contributed by atoms with Crippen LogP contribution in [0.3, 0.4) is 0 Å². The smallest absolute Gasteiger partial charge is 0.266 e. The van der Waals surface area contributed by atoms with Gasteiger partial charge in [-0.25, -0.2) is 4.68 Å². The number of H-pyrrole nitrogens is 1. The van der Waals surface area contributed by atoms with Crippen LogP contribution in [-0.2, 0) is 6.54 Å². The number of hydrogen-bond acceptors (Lipinski definition) is 5. The number of methoxy groups -OCH3 is 1. The van der Waals surface area contributed by atoms with Crippen molar-refractivity contribution in [2.75, 3.05) is 13.7 Å². The fraction of sp³-hybridized carbons (Fsp3) is 0.158. The van der Waals surface area contributed by atoms with Crippen molar-refractivity contribution in [1.82, 2.24) is 20.1 Å². The van der Waals surface area contributed by atoms with Crippen LogP contribution in [0.15, 0.2) is 64.3 Å². The standard InChI is InChI=1S/C19H18N4O4/c1-27-15-5-2-13(3-6-15)16-7-9-18(25)23(22-16)11-10-20-19(26)14-4-8-17(24)21-12-14/h2-9,12H,10-11H2,1H3,(H,20,26)(H,21,24). The number of hydrogen-bond donors (Lipinski definition) is 2. The fourth-order valence-corrected chi connectivity index (χ4v) is 2.45. The number of amides is 1. The molecule has 0 spiro atoms. The topological polar surface area (TPSA) is 106 Å². The molecule has 1 amide bonds. The molecule has 0 radical (unpaired) electrons. The molecule has 8 nitrogen and oxygen atoms in total. The minimum atomic E-state index is -0.342. The maximum Gasteiger partial charge on any atom is 0.266 e. The number of aromatic nitrogens is 3. The number of benzene rings is 1. The molecule has 1 aromatic carbocycles. The van der Waals surface area contributed by atoms with E-state index in [0.717, 1.165) is 11.3 Å². The molecule has 2 aromatic heterocycles. The highest BCUT2D eigenvalue weighted by Gasteiger charge is 2.07. The molecule has 2 heterocycles. The summed E-state index contributed by atoms with van der Waals surface area (Å²) in [5.74, 6) is 0.391. The van der Waals surface area contributed by atoms with Crippen molar-refractivity contribution in [1.29, 1.82) is 0 Å². The van der Waals surface area contributed by atoms with E-state index in [-0.39, 0.29) is 30.1 Å². The second kappa shape index (κ2) is 8.13. The number of carbonyl (C=O) groups excluding carboxylic acids is 1. The van der Waals surface area contributed by atoms with Gasteiger partial charge in [-0.3, -0.25) is 14.4 Å². The highest BCUT2D eigenvalue weighted by Crippen LogP contribution is 2.19. The third-order valence-electron chi connectivity index (χ3n) is 3.91. The average Bonchev–Trinajstić information content (AvgIpc) is 2.70. The van der Waals surface area contributed by atoms with Crippen LogP contribution in [0.5, 0.6) is 5.75 Å². The number of aromatic amines is 1. The molecule has 0 saturated carbocycles. The Morgan fingerprint density at radius 1 is 1.11 bits per heavy atom. The molecular formula is C19H18N4O4. The Labute approximate surface area is 154 Å². The fourth-order valence-electron chi connectivity index (χ4n) is 2.45. The van der Waals surface area contributed by atoms with E-state index in [2.05, 4.69) is 15.4 Å². The summed E-state index contributed by atoms with van der Waals surface area (Å²) in [6, 6.07) is 13.1. The van der Waals surface area contributed by atoms with Crippen molar-refractivity contribution < 1.29 is 9.53 Å². The first kappa shape index (κ1) is 18.1. The number of nitrogens with one attached hydrogen (secondary N) is 2. The summed E-state index contributed by atoms with van der Waals surface area (Å²) < 4.78 is 6.43. The zero-order valence-corrected chi connectivity index (χ0v) is 14.6. The normalized spacial score (nSPS) is 10.4. The van der Waals surface area contributed by atoms with Crippen LogP contribution in [0.2, 0.25) is 0 Å². The summed E-state index contributed by atoms with van der Waals surface area (Å²) >= 11 is 0. The van der Waals surface area contributed by atoms with E-state index < -0.39 is 0 Å². The first-order valence-corrected chi connectivity index (χ1v) is 8.26. The molecule has 0 aliphatic rings. The van der Waals surface area contributed by atoms with Crippen LogP contribution >= 0.6 is 0 Å². The van der Waals surface area contributed by atoms with Crippen LogP contribution in [0.1, 0.15) is 10.4 Å². The quantitative estimate of drug-likeness (QED) is 0.678. The number of rotatable bonds is 6. The third kappa shape index (κ3) is 4.49. The summed E-state index contributed by atoms with van der Waals surface area (Å²) in [6.45, 7) is 0.439. The molecule has 0 saturated heterocycles. The lowest BCUT2D eigenvalue weighted by Crippen LogP contribution is -2.32. The molecule has 27 heavy (non-hydrogen) atoms. The SMILES string of the molecule is COc1ccc(-c2ccc(=O)n(CCNC(=O)c3ccc(=O)[nH]c3)n2)cc1. The lowest BCUT2D eigenvalue weighted by molar-refractivity contribution is 0.0951. The van der Waals surface area contributed by atoms with Crippen LogP contribution in [-0.4, -0.2) is 34.3 Å². The van der Waals surface area contributed by atoms with Gasteiger partial charge >= 0.3 is 0 Å². The minimum absolute atomic E-state index is 0.219. The van der Waals surface area contributed by atoms with Gasteiger partial charge in [-0.15, -0.1) is 0 Å². The first-order chi connectivity index (χ1) is 13.1. The van der Waals surface area contributed by atoms with E-state index >= 15 is 0 Å². The first-order valence-electron chi connectivity index (χ1n) is 8.26. The molecule has 0 bridgehead atoms. The molecule has 0 fully saturated rings. The molecule has 3 rings (SSSR count). The van der Waals surface area contributed by atoms with Crippen LogP contribution in [0.4, 0.5) is 0 Å². The molecule has 3 aromatic rings. The second-order valence-corrected chi connectivity index (χ2v) is 5.71. The van der Waals surface area contributed by atoms with Gasteiger partial charge in [0.05, 0.1) is 24.9 Å². The van der Waals surface area contributed by atoms with Gasteiger partial charge in [0, 0.05) is 30.4 Å². The van der Waals surface area contributed by atoms with Crippen LogP contribution < -0.4 is 21.2 Å². The molecule has 138 valence electrons. The van der Waals surface area contributed by atoms with Gasteiger partial charge in [-0.2, -0.15) is 5.10 Å². The lowest BCUT2D eigenvalue weighted by atomic mass is 10.1. The Hall–Kier alpha value is -3.68. The van der Waals surface area contributed by atoms with Gasteiger partial charge in [-0.1, -0.05) is 0 Å². The van der Waals surface area contributed by atoms with E-state index in [1.54, 1.807) is 13.2 Å². The summed E-state index contributed by atoms with van der Waals surface area (Å²) in [5, 5.41) is 7.03. The summed E-state index contributed by atoms with van der Waals surface area (Å²) in [7, 11) is 1.59. The maximum absolute atomic E-state index is 12.0. The highest BCUT2D eigenvalue weighted by molar-refractivity contribution is 5.93. The molecular weight excluding hydrogens is 348 g/mol. The Kier molecular flexibility index (Phi) is 5.46. The van der Waals surface area contributed by atoms with Crippen LogP contribution in [0.25, 0.3) is 11.3 Å². The molecule has 8 heteroatoms. The third-order valence-corrected chi connectivity index (χ3v) is 3.91. The molecule has 0 aliphatic carbocycles. The zero-order chi connectivity index (χ0) is 19.2. The van der Waals surface area contributed by atoms with Crippen molar-refractivity contribution in [2.24, 2.45) is 0 Å². The van der Waals surface area contributed by atoms with Crippen molar-refractivity contribution >= 4 is 5.91 Å². The number of carbonyl (C=O) groups is 1. The summed E-state index contributed by atoms with van der Waals surface area (Å²) in [5.41, 5.74) is 1.29. The molecule has 0 atom stereocenters. The van der Waals surface area contributed by atoms with Gasteiger partial charge in [0.15, 0.2) is 0 Å². The van der Waals surface area contributed by atoms with Gasteiger partial charge in [-0.05, 0) is 36.4 Å². The van der Waals surface area contributed by atoms with Crippen molar-refractivity contribution in [3.63, 3.8) is 0 Å². The zero-order valence-electron chi connectivity index (χ0n) is 14.6. The van der Waals surface area contributed by atoms with E-state index in [9.17, 15) is 14.4 Å². The van der Waals surface area contributed by atoms with E-state index in [0.29, 0.717) is 11.3 Å². The Balaban J connectivity index is 1.67. The van der Waals surface area contributed by atoms with Gasteiger partial charge in [0.1, 0.15) is 5.75 Å². The minimum Gasteiger partial charge on any atom is -0.497 e. The van der Waals surface area contributed by atoms with Crippen molar-refractivity contribution in [2.45, 2.75) is 6.54 Å². The van der Waals surface area contributed by atoms with Crippen molar-refractivity contribution in [3.05, 3.63) is 81.0 Å². The monoisotopic (exact) mass is 366 g/mol. The molecule has 0 unspecified atom stereocenters. The van der Waals surface area contributed by atoms with E-state index in [4.69, 9.17) is 4.74 Å². The molecule has 0 aliphatic heterocycles. The largest absolute Gasteiger partial charge is 0.497 e. The Morgan fingerprint density at radius 2 is 1.89 bits per heavy atom. The highest BCUT2D eigenvalue weighted by atomic mass is 16.5.